The van der Waals surface area contributed by atoms with Crippen molar-refractivity contribution >= 4 is 9.52 Å². The minimum Gasteiger partial charge on any atom is -0.177 e. The zero-order chi connectivity index (χ0) is 7.71. The van der Waals surface area contributed by atoms with Crippen molar-refractivity contribution in [1.29, 1.82) is 0 Å². The van der Waals surface area contributed by atoms with Crippen LogP contribution >= 0.6 is 0 Å². The van der Waals surface area contributed by atoms with Crippen LogP contribution in [-0.4, -0.2) is 15.3 Å². The molecule has 0 bridgehead atoms. The third-order valence-electron chi connectivity index (χ3n) is 0.517. The van der Waals surface area contributed by atoms with Crippen molar-refractivity contribution in [2.45, 2.75) is 31.6 Å². The van der Waals surface area contributed by atoms with E-state index in [4.69, 9.17) is 0 Å². The molecule has 0 saturated heterocycles. The Morgan fingerprint density at radius 2 is 1.33 bits per heavy atom. The van der Waals surface area contributed by atoms with Crippen molar-refractivity contribution in [3.63, 3.8) is 0 Å². The maximum absolute atomic E-state index is 11.6. The summed E-state index contributed by atoms with van der Waals surface area (Å²) >= 11 is 0. The van der Waals surface area contributed by atoms with Gasteiger partial charge in [0.25, 0.3) is 0 Å². The van der Waals surface area contributed by atoms with E-state index in [1.807, 2.05) is 0 Å². The van der Waals surface area contributed by atoms with Crippen molar-refractivity contribution < 1.29 is 13.2 Å². The molecule has 0 fully saturated rings. The van der Waals surface area contributed by atoms with Gasteiger partial charge in [-0.15, -0.1) is 0 Å². The maximum atomic E-state index is 11.6. The van der Waals surface area contributed by atoms with Crippen LogP contribution in [0.25, 0.3) is 0 Å². The van der Waals surface area contributed by atoms with Gasteiger partial charge in [-0.05, 0) is 5.04 Å². The summed E-state index contributed by atoms with van der Waals surface area (Å²) in [5, 5.41) is -0.613. The van der Waals surface area contributed by atoms with Crippen molar-refractivity contribution in [3.8, 4) is 0 Å². The smallest absolute Gasteiger partial charge is 0.177 e. The summed E-state index contributed by atoms with van der Waals surface area (Å²) in [6.07, 6.45) is 0. The van der Waals surface area contributed by atoms with Crippen LogP contribution in [0.3, 0.4) is 0 Å². The lowest BCUT2D eigenvalue weighted by Crippen LogP contribution is -2.26. The predicted octanol–water partition coefficient (Wildman–Crippen LogP) is 2.43. The predicted molar refractivity (Wildman–Crippen MR) is 31.5 cm³/mol. The van der Waals surface area contributed by atoms with Crippen LogP contribution in [-0.2, 0) is 0 Å². The number of alkyl halides is 3. The molecule has 0 atom stereocenters. The number of hydrogen-bond acceptors (Lipinski definition) is 0. The van der Waals surface area contributed by atoms with Gasteiger partial charge in [0.2, 0.25) is 0 Å². The molecule has 9 heavy (non-hydrogen) atoms. The van der Waals surface area contributed by atoms with Crippen molar-refractivity contribution in [2.24, 2.45) is 0 Å². The quantitative estimate of drug-likeness (QED) is 0.470. The summed E-state index contributed by atoms with van der Waals surface area (Å²) < 4.78 is 34.7. The van der Waals surface area contributed by atoms with Crippen molar-refractivity contribution in [1.82, 2.24) is 0 Å². The second kappa shape index (κ2) is 2.32. The molecule has 0 saturated carbocycles. The summed E-state index contributed by atoms with van der Waals surface area (Å²) in [4.78, 5) is 0. The summed E-state index contributed by atoms with van der Waals surface area (Å²) in [6, 6.07) is 0. The Morgan fingerprint density at radius 1 is 1.00 bits per heavy atom. The number of halogens is 3. The molecule has 0 spiro atoms. The van der Waals surface area contributed by atoms with Gasteiger partial charge >= 0.3 is 5.80 Å². The lowest BCUT2D eigenvalue weighted by molar-refractivity contribution is -0.0493. The Morgan fingerprint density at radius 3 is 1.33 bits per heavy atom. The normalized spacial score (nSPS) is 14.0. The molecule has 0 nitrogen and oxygen atoms in total. The van der Waals surface area contributed by atoms with E-state index >= 15 is 0 Å². The first-order chi connectivity index (χ1) is 3.71. The first kappa shape index (κ1) is 9.01. The third kappa shape index (κ3) is 8.01. The Labute approximate surface area is 55.3 Å². The van der Waals surface area contributed by atoms with Crippen LogP contribution in [0.4, 0.5) is 13.2 Å². The lowest BCUT2D eigenvalue weighted by atomic mass is 10.3. The minimum absolute atomic E-state index is 0.613. The number of rotatable bonds is 0. The molecule has 0 aromatic carbocycles. The first-order valence-corrected chi connectivity index (χ1v) is 3.57. The SMILES string of the molecule is CC(C)(C)[Si]C(F)(F)F. The van der Waals surface area contributed by atoms with E-state index in [2.05, 4.69) is 0 Å². The van der Waals surface area contributed by atoms with E-state index in [1.54, 1.807) is 20.8 Å². The molecule has 0 aliphatic rings. The molecule has 0 aliphatic heterocycles. The fourth-order valence-electron chi connectivity index (χ4n) is 0.425. The fraction of sp³-hybridized carbons (Fsp3) is 1.00. The Bertz CT molecular complexity index is 77.4. The average molecular weight is 154 g/mol. The molecular formula is C5H9F3Si. The number of hydrogen-bond donors (Lipinski definition) is 0. The Hall–Kier alpha value is 0.00688. The molecule has 0 amide bonds. The van der Waals surface area contributed by atoms with E-state index in [1.165, 1.54) is 0 Å². The van der Waals surface area contributed by atoms with Crippen molar-refractivity contribution in [2.75, 3.05) is 0 Å². The highest BCUT2D eigenvalue weighted by molar-refractivity contribution is 6.41. The van der Waals surface area contributed by atoms with Gasteiger partial charge < -0.3 is 0 Å². The molecular weight excluding hydrogens is 145 g/mol. The molecule has 4 heteroatoms. The van der Waals surface area contributed by atoms with Gasteiger partial charge in [-0.3, -0.25) is 0 Å². The van der Waals surface area contributed by atoms with E-state index in [9.17, 15) is 13.2 Å². The zero-order valence-electron chi connectivity index (χ0n) is 5.63. The summed E-state index contributed by atoms with van der Waals surface area (Å²) in [5.41, 5.74) is 0. The highest BCUT2D eigenvalue weighted by Gasteiger charge is 2.34. The second-order valence-electron chi connectivity index (χ2n) is 2.87. The highest BCUT2D eigenvalue weighted by atomic mass is 28.2. The lowest BCUT2D eigenvalue weighted by Gasteiger charge is -2.17. The topological polar surface area (TPSA) is 0 Å². The van der Waals surface area contributed by atoms with Crippen LogP contribution in [0.2, 0.25) is 5.04 Å². The average Bonchev–Trinajstić information content (AvgIpc) is 1.14. The van der Waals surface area contributed by atoms with E-state index < -0.39 is 20.4 Å². The van der Waals surface area contributed by atoms with Crippen molar-refractivity contribution in [3.05, 3.63) is 0 Å². The van der Waals surface area contributed by atoms with Gasteiger partial charge in [-0.2, -0.15) is 13.2 Å². The molecule has 0 aromatic rings. The Balaban J connectivity index is 3.75. The van der Waals surface area contributed by atoms with Gasteiger partial charge in [0, 0.05) is 0 Å². The first-order valence-electron chi connectivity index (χ1n) is 2.57. The van der Waals surface area contributed by atoms with Gasteiger partial charge in [-0.1, -0.05) is 20.8 Å². The van der Waals surface area contributed by atoms with Gasteiger partial charge in [0.1, 0.15) is 0 Å². The van der Waals surface area contributed by atoms with Gasteiger partial charge in [0.05, 0.1) is 0 Å². The fourth-order valence-corrected chi connectivity index (χ4v) is 1.28. The van der Waals surface area contributed by atoms with E-state index in [-0.39, 0.29) is 0 Å². The van der Waals surface area contributed by atoms with E-state index in [0.717, 1.165) is 0 Å². The van der Waals surface area contributed by atoms with Crippen LogP contribution < -0.4 is 0 Å². The second-order valence-corrected chi connectivity index (χ2v) is 5.19. The van der Waals surface area contributed by atoms with Gasteiger partial charge in [-0.25, -0.2) is 0 Å². The summed E-state index contributed by atoms with van der Waals surface area (Å²) in [6.45, 7) is 4.75. The molecule has 0 rings (SSSR count). The minimum atomic E-state index is -3.99. The molecule has 0 unspecified atom stereocenters. The van der Waals surface area contributed by atoms with Crippen LogP contribution in [0.1, 0.15) is 20.8 Å². The Kier molecular flexibility index (Phi) is 2.33. The largest absolute Gasteiger partial charge is 0.357 e. The molecule has 54 valence electrons. The third-order valence-corrected chi connectivity index (χ3v) is 1.55. The zero-order valence-corrected chi connectivity index (χ0v) is 6.63. The van der Waals surface area contributed by atoms with Crippen LogP contribution in [0.15, 0.2) is 0 Å². The maximum Gasteiger partial charge on any atom is 0.357 e. The molecule has 0 aromatic heterocycles. The van der Waals surface area contributed by atoms with Crippen LogP contribution in [0, 0.1) is 0 Å². The highest BCUT2D eigenvalue weighted by Crippen LogP contribution is 2.28. The molecule has 2 radical (unpaired) electrons. The standard InChI is InChI=1S/C5H9F3Si/c1-4(2,3)9-5(6,7)8/h1-3H3. The molecule has 0 N–H and O–H groups in total. The summed E-state index contributed by atoms with van der Waals surface area (Å²) in [7, 11) is -0.949. The van der Waals surface area contributed by atoms with E-state index in [0.29, 0.717) is 0 Å². The monoisotopic (exact) mass is 154 g/mol. The molecule has 0 aliphatic carbocycles. The van der Waals surface area contributed by atoms with Crippen LogP contribution in [0.5, 0.6) is 0 Å². The molecule has 0 heterocycles. The summed E-state index contributed by atoms with van der Waals surface area (Å²) in [5.74, 6) is -3.99. The van der Waals surface area contributed by atoms with Gasteiger partial charge in [0.15, 0.2) is 9.52 Å².